The largest absolute Gasteiger partial charge is 0.493 e. The zero-order valence-electron chi connectivity index (χ0n) is 15.6. The van der Waals surface area contributed by atoms with Crippen molar-refractivity contribution in [1.29, 1.82) is 0 Å². The van der Waals surface area contributed by atoms with Crippen LogP contribution in [0.5, 0.6) is 5.75 Å². The molecule has 0 bridgehead atoms. The van der Waals surface area contributed by atoms with E-state index < -0.39 is 0 Å². The first-order valence-electron chi connectivity index (χ1n) is 10.2. The average Bonchev–Trinajstić information content (AvgIpc) is 2.93. The first-order chi connectivity index (χ1) is 12.4. The van der Waals surface area contributed by atoms with Crippen molar-refractivity contribution in [3.63, 3.8) is 0 Å². The van der Waals surface area contributed by atoms with Crippen molar-refractivity contribution < 1.29 is 4.74 Å². The van der Waals surface area contributed by atoms with E-state index in [1.807, 2.05) is 11.8 Å². The Labute approximate surface area is 157 Å². The maximum Gasteiger partial charge on any atom is 0.127 e. The molecule has 0 saturated heterocycles. The fourth-order valence-corrected chi connectivity index (χ4v) is 4.83. The van der Waals surface area contributed by atoms with Crippen LogP contribution in [0.25, 0.3) is 10.8 Å². The number of rotatable bonds is 8. The molecule has 1 nitrogen and oxygen atoms in total. The lowest BCUT2D eigenvalue weighted by Gasteiger charge is -2.17. The normalized spacial score (nSPS) is 16.0. The SMILES string of the molecule is CCCCCSc1ccc(OCC2CCCCCC2)c2ccccc12. The predicted octanol–water partition coefficient (Wildman–Crippen LogP) is 7.47. The summed E-state index contributed by atoms with van der Waals surface area (Å²) in [6.07, 6.45) is 12.2. The van der Waals surface area contributed by atoms with Crippen molar-refractivity contribution in [3.05, 3.63) is 36.4 Å². The van der Waals surface area contributed by atoms with Crippen molar-refractivity contribution >= 4 is 22.5 Å². The van der Waals surface area contributed by atoms with E-state index in [0.29, 0.717) is 0 Å². The van der Waals surface area contributed by atoms with Gasteiger partial charge in [-0.15, -0.1) is 11.8 Å². The Balaban J connectivity index is 1.68. The van der Waals surface area contributed by atoms with Crippen LogP contribution in [0.3, 0.4) is 0 Å². The number of ether oxygens (including phenoxy) is 1. The molecule has 0 atom stereocenters. The van der Waals surface area contributed by atoms with Crippen molar-refractivity contribution in [3.8, 4) is 5.75 Å². The summed E-state index contributed by atoms with van der Waals surface area (Å²) >= 11 is 1.99. The Kier molecular flexibility index (Phi) is 7.54. The summed E-state index contributed by atoms with van der Waals surface area (Å²) in [5.41, 5.74) is 0. The molecule has 2 aromatic carbocycles. The Hall–Kier alpha value is -1.15. The number of unbranched alkanes of at least 4 members (excludes halogenated alkanes) is 2. The molecule has 1 aliphatic carbocycles. The van der Waals surface area contributed by atoms with Crippen LogP contribution in [0.4, 0.5) is 0 Å². The highest BCUT2D eigenvalue weighted by Crippen LogP contribution is 2.35. The number of benzene rings is 2. The van der Waals surface area contributed by atoms with Crippen LogP contribution in [-0.4, -0.2) is 12.4 Å². The Morgan fingerprint density at radius 2 is 1.68 bits per heavy atom. The molecule has 0 unspecified atom stereocenters. The lowest BCUT2D eigenvalue weighted by Crippen LogP contribution is -2.11. The number of hydrogen-bond acceptors (Lipinski definition) is 2. The van der Waals surface area contributed by atoms with E-state index in [1.54, 1.807) is 0 Å². The molecule has 25 heavy (non-hydrogen) atoms. The Morgan fingerprint density at radius 1 is 0.920 bits per heavy atom. The first-order valence-corrected chi connectivity index (χ1v) is 11.1. The minimum atomic E-state index is 0.740. The van der Waals surface area contributed by atoms with Crippen molar-refractivity contribution in [1.82, 2.24) is 0 Å². The number of hydrogen-bond donors (Lipinski definition) is 0. The molecule has 1 fully saturated rings. The highest BCUT2D eigenvalue weighted by atomic mass is 32.2. The van der Waals surface area contributed by atoms with Gasteiger partial charge in [-0.2, -0.15) is 0 Å². The van der Waals surface area contributed by atoms with Gasteiger partial charge in [0.1, 0.15) is 5.75 Å². The van der Waals surface area contributed by atoms with Gasteiger partial charge in [-0.05, 0) is 48.5 Å². The molecule has 0 amide bonds. The zero-order chi connectivity index (χ0) is 17.3. The topological polar surface area (TPSA) is 9.23 Å². The molecule has 2 heteroatoms. The highest BCUT2D eigenvalue weighted by Gasteiger charge is 2.14. The van der Waals surface area contributed by atoms with Crippen LogP contribution in [0, 0.1) is 5.92 Å². The van der Waals surface area contributed by atoms with Crippen LogP contribution in [0.2, 0.25) is 0 Å². The van der Waals surface area contributed by atoms with Crippen molar-refractivity contribution in [2.45, 2.75) is 69.6 Å². The smallest absolute Gasteiger partial charge is 0.127 e. The standard InChI is InChI=1S/C23H32OS/c1-2-3-10-17-25-23-16-15-22(20-13-8-9-14-21(20)23)24-18-19-11-6-4-5-7-12-19/h8-9,13-16,19H,2-7,10-12,17-18H2,1H3. The summed E-state index contributed by atoms with van der Waals surface area (Å²) < 4.78 is 6.30. The summed E-state index contributed by atoms with van der Waals surface area (Å²) in [5.74, 6) is 3.02. The van der Waals surface area contributed by atoms with Crippen molar-refractivity contribution in [2.24, 2.45) is 5.92 Å². The zero-order valence-corrected chi connectivity index (χ0v) is 16.5. The molecular weight excluding hydrogens is 324 g/mol. The quantitative estimate of drug-likeness (QED) is 0.275. The fourth-order valence-electron chi connectivity index (χ4n) is 3.77. The average molecular weight is 357 g/mol. The van der Waals surface area contributed by atoms with Crippen LogP contribution in [0.15, 0.2) is 41.3 Å². The van der Waals surface area contributed by atoms with E-state index in [0.717, 1.165) is 18.3 Å². The number of thioether (sulfide) groups is 1. The van der Waals surface area contributed by atoms with E-state index in [1.165, 1.54) is 79.2 Å². The molecular formula is C23H32OS. The van der Waals surface area contributed by atoms with Gasteiger partial charge in [-0.3, -0.25) is 0 Å². The summed E-state index contributed by atoms with van der Waals surface area (Å²) in [5, 5.41) is 2.62. The molecule has 0 aliphatic heterocycles. The van der Waals surface area contributed by atoms with Crippen LogP contribution >= 0.6 is 11.8 Å². The molecule has 136 valence electrons. The fraction of sp³-hybridized carbons (Fsp3) is 0.565. The Morgan fingerprint density at radius 3 is 2.44 bits per heavy atom. The second-order valence-electron chi connectivity index (χ2n) is 7.33. The van der Waals surface area contributed by atoms with Gasteiger partial charge in [0.15, 0.2) is 0 Å². The lowest BCUT2D eigenvalue weighted by atomic mass is 10.0. The predicted molar refractivity (Wildman–Crippen MR) is 111 cm³/mol. The van der Waals surface area contributed by atoms with E-state index in [-0.39, 0.29) is 0 Å². The van der Waals surface area contributed by atoms with Gasteiger partial charge in [0, 0.05) is 10.3 Å². The minimum absolute atomic E-state index is 0.740. The van der Waals surface area contributed by atoms with E-state index >= 15 is 0 Å². The van der Waals surface area contributed by atoms with Gasteiger partial charge in [-0.1, -0.05) is 69.7 Å². The molecule has 3 rings (SSSR count). The summed E-state index contributed by atoms with van der Waals surface area (Å²) in [6, 6.07) is 13.2. The van der Waals surface area contributed by atoms with Crippen LogP contribution in [0.1, 0.15) is 64.7 Å². The molecule has 0 heterocycles. The first kappa shape index (κ1) is 18.6. The van der Waals surface area contributed by atoms with Crippen LogP contribution in [-0.2, 0) is 0 Å². The molecule has 2 aromatic rings. The van der Waals surface area contributed by atoms with Crippen LogP contribution < -0.4 is 4.74 Å². The molecule has 0 spiro atoms. The van der Waals surface area contributed by atoms with Crippen molar-refractivity contribution in [2.75, 3.05) is 12.4 Å². The van der Waals surface area contributed by atoms with E-state index in [9.17, 15) is 0 Å². The summed E-state index contributed by atoms with van der Waals surface area (Å²) in [6.45, 7) is 3.15. The highest BCUT2D eigenvalue weighted by molar-refractivity contribution is 7.99. The third-order valence-electron chi connectivity index (χ3n) is 5.30. The third-order valence-corrected chi connectivity index (χ3v) is 6.46. The monoisotopic (exact) mass is 356 g/mol. The van der Waals surface area contributed by atoms with E-state index in [4.69, 9.17) is 4.74 Å². The maximum absolute atomic E-state index is 6.30. The van der Waals surface area contributed by atoms with Gasteiger partial charge >= 0.3 is 0 Å². The molecule has 1 saturated carbocycles. The molecule has 0 N–H and O–H groups in total. The molecule has 0 aromatic heterocycles. The molecule has 0 radical (unpaired) electrons. The van der Waals surface area contributed by atoms with Gasteiger partial charge in [0.2, 0.25) is 0 Å². The minimum Gasteiger partial charge on any atom is -0.493 e. The summed E-state index contributed by atoms with van der Waals surface area (Å²) in [4.78, 5) is 1.40. The lowest BCUT2D eigenvalue weighted by molar-refractivity contribution is 0.236. The van der Waals surface area contributed by atoms with Gasteiger partial charge < -0.3 is 4.74 Å². The molecule has 1 aliphatic rings. The Bertz CT molecular complexity index is 644. The third kappa shape index (κ3) is 5.41. The second-order valence-corrected chi connectivity index (χ2v) is 8.47. The van der Waals surface area contributed by atoms with E-state index in [2.05, 4.69) is 43.3 Å². The second kappa shape index (κ2) is 10.1. The maximum atomic E-state index is 6.30. The van der Waals surface area contributed by atoms with Gasteiger partial charge in [0.05, 0.1) is 6.61 Å². The number of fused-ring (bicyclic) bond motifs is 1. The summed E-state index contributed by atoms with van der Waals surface area (Å²) in [7, 11) is 0. The van der Waals surface area contributed by atoms with Gasteiger partial charge in [0.25, 0.3) is 0 Å². The van der Waals surface area contributed by atoms with Gasteiger partial charge in [-0.25, -0.2) is 0 Å².